The van der Waals surface area contributed by atoms with Gasteiger partial charge in [0.1, 0.15) is 48.0 Å². The normalized spacial score (nSPS) is 16.7. The molecule has 13 N–H and O–H groups in total. The molecule has 1 aromatic heterocycles. The monoisotopic (exact) mass is 963 g/mol. The molecular weight excluding hydrogens is 893 g/mol. The highest BCUT2D eigenvalue weighted by molar-refractivity contribution is 5.98. The second kappa shape index (κ2) is 27.6. The van der Waals surface area contributed by atoms with Crippen LogP contribution in [0.25, 0.3) is 0 Å². The Bertz CT molecular complexity index is 2130. The molecule has 0 aliphatic carbocycles. The molecule has 1 fully saturated rings. The van der Waals surface area contributed by atoms with Crippen LogP contribution in [0.4, 0.5) is 0 Å². The fraction of sp³-hybridized carbons (Fsp3) is 0.574. The van der Waals surface area contributed by atoms with Crippen LogP contribution in [0.15, 0.2) is 36.8 Å². The highest BCUT2D eigenvalue weighted by Crippen LogP contribution is 2.22. The van der Waals surface area contributed by atoms with Gasteiger partial charge in [-0.1, -0.05) is 72.4 Å². The lowest BCUT2D eigenvalue weighted by atomic mass is 9.96. The first-order valence-electron chi connectivity index (χ1n) is 23.3. The van der Waals surface area contributed by atoms with Crippen molar-refractivity contribution in [3.63, 3.8) is 0 Å². The lowest BCUT2D eigenvalue weighted by Gasteiger charge is -2.32. The quantitative estimate of drug-likeness (QED) is 0.0242. The second-order valence-electron chi connectivity index (χ2n) is 17.8. The number of carbonyl (C=O) groups excluding carboxylic acids is 7. The Morgan fingerprint density at radius 2 is 1.45 bits per heavy atom. The van der Waals surface area contributed by atoms with E-state index in [1.807, 2.05) is 0 Å². The molecule has 0 radical (unpaired) electrons. The summed E-state index contributed by atoms with van der Waals surface area (Å²) in [6.45, 7) is 10.8. The number of nitrogens with zero attached hydrogens (tertiary/aromatic N) is 2. The SMILES string of the molecule is C#CCC(=O)N[C@@H](CCCNC(=N)N)C(=O)N[C@H](C(=O)N[C@@H](Cc1ccc(O)cc1)C(=O)N[C@H](C(=O)N[C@@H](Cc1cnc[nH]1)C(=O)N1CCC[C@H]1C(=O)N[C@H](C(=O)O)C(C)CC)C(C)CC)C(C)C. The number of phenolic OH excluding ortho intramolecular Hbond substituents is 1. The Kier molecular flexibility index (Phi) is 22.4. The average Bonchev–Trinajstić information content (AvgIpc) is 4.02. The van der Waals surface area contributed by atoms with Crippen molar-refractivity contribution in [3.8, 4) is 18.1 Å². The fourth-order valence-electron chi connectivity index (χ4n) is 7.73. The maximum Gasteiger partial charge on any atom is 0.326 e. The minimum Gasteiger partial charge on any atom is -0.508 e. The van der Waals surface area contributed by atoms with Gasteiger partial charge in [-0.15, -0.1) is 6.42 Å². The van der Waals surface area contributed by atoms with Gasteiger partial charge in [-0.3, -0.25) is 39.0 Å². The third kappa shape index (κ3) is 17.4. The molecule has 2 unspecified atom stereocenters. The van der Waals surface area contributed by atoms with Crippen molar-refractivity contribution < 1.29 is 48.6 Å². The summed E-state index contributed by atoms with van der Waals surface area (Å²) >= 11 is 0. The first-order valence-corrected chi connectivity index (χ1v) is 23.3. The number of likely N-dealkylation sites (tertiary alicyclic amines) is 1. The highest BCUT2D eigenvalue weighted by atomic mass is 16.4. The van der Waals surface area contributed by atoms with Gasteiger partial charge in [0.05, 0.1) is 12.7 Å². The van der Waals surface area contributed by atoms with Crippen LogP contribution in [0.5, 0.6) is 5.75 Å². The van der Waals surface area contributed by atoms with Gasteiger partial charge in [-0.05, 0) is 61.1 Å². The number of imidazole rings is 1. The topological polar surface area (TPSA) is 343 Å². The zero-order valence-corrected chi connectivity index (χ0v) is 40.2. The molecule has 0 saturated carbocycles. The van der Waals surface area contributed by atoms with Crippen molar-refractivity contribution in [2.75, 3.05) is 13.1 Å². The first kappa shape index (κ1) is 56.1. The number of hydrogen-bond acceptors (Lipinski definition) is 11. The van der Waals surface area contributed by atoms with Gasteiger partial charge in [-0.25, -0.2) is 9.78 Å². The Hall–Kier alpha value is -7.18. The van der Waals surface area contributed by atoms with Crippen LogP contribution < -0.4 is 43.0 Å². The lowest BCUT2D eigenvalue weighted by molar-refractivity contribution is -0.146. The lowest BCUT2D eigenvalue weighted by Crippen LogP contribution is -2.62. The Balaban J connectivity index is 1.92. The van der Waals surface area contributed by atoms with Crippen LogP contribution in [0.2, 0.25) is 0 Å². The number of nitrogens with two attached hydrogens (primary N) is 1. The number of benzene rings is 1. The third-order valence-electron chi connectivity index (χ3n) is 12.2. The van der Waals surface area contributed by atoms with Gasteiger partial charge < -0.3 is 63.0 Å². The van der Waals surface area contributed by atoms with Gasteiger partial charge in [0.15, 0.2) is 5.96 Å². The van der Waals surface area contributed by atoms with Gasteiger partial charge >= 0.3 is 5.97 Å². The van der Waals surface area contributed by atoms with Crippen molar-refractivity contribution in [2.24, 2.45) is 23.5 Å². The van der Waals surface area contributed by atoms with Crippen LogP contribution in [0.1, 0.15) is 97.7 Å². The molecule has 22 heteroatoms. The minimum atomic E-state index is -1.36. The third-order valence-corrected chi connectivity index (χ3v) is 12.2. The number of carbonyl (C=O) groups is 8. The largest absolute Gasteiger partial charge is 0.508 e. The van der Waals surface area contributed by atoms with Crippen molar-refractivity contribution in [1.29, 1.82) is 5.41 Å². The average molecular weight is 963 g/mol. The van der Waals surface area contributed by atoms with Crippen molar-refractivity contribution in [3.05, 3.63) is 48.0 Å². The Labute approximate surface area is 402 Å². The number of aliphatic carboxylic acids is 1. The van der Waals surface area contributed by atoms with E-state index in [-0.39, 0.29) is 62.8 Å². The predicted molar refractivity (Wildman–Crippen MR) is 254 cm³/mol. The maximum atomic E-state index is 14.5. The van der Waals surface area contributed by atoms with Crippen LogP contribution in [-0.4, -0.2) is 134 Å². The summed E-state index contributed by atoms with van der Waals surface area (Å²) in [5.74, 6) is -5.60. The smallest absolute Gasteiger partial charge is 0.326 e. The van der Waals surface area contributed by atoms with Crippen LogP contribution in [0.3, 0.4) is 0 Å². The highest BCUT2D eigenvalue weighted by Gasteiger charge is 2.41. The van der Waals surface area contributed by atoms with E-state index >= 15 is 0 Å². The van der Waals surface area contributed by atoms with E-state index in [0.29, 0.717) is 36.9 Å². The molecule has 9 atom stereocenters. The molecule has 7 amide bonds. The molecule has 2 aromatic rings. The first-order chi connectivity index (χ1) is 32.7. The molecule has 3 rings (SSSR count). The van der Waals surface area contributed by atoms with E-state index < -0.39 is 101 Å². The Morgan fingerprint density at radius 1 is 0.841 bits per heavy atom. The van der Waals surface area contributed by atoms with Crippen molar-refractivity contribution in [1.82, 2.24) is 52.1 Å². The number of aromatic amines is 1. The second-order valence-corrected chi connectivity index (χ2v) is 17.8. The van der Waals surface area contributed by atoms with E-state index in [4.69, 9.17) is 17.6 Å². The van der Waals surface area contributed by atoms with Gasteiger partial charge in [0.25, 0.3) is 0 Å². The van der Waals surface area contributed by atoms with Crippen LogP contribution in [0, 0.1) is 35.5 Å². The molecule has 69 heavy (non-hydrogen) atoms. The predicted octanol–water partition coefficient (Wildman–Crippen LogP) is -0.0803. The number of carboxylic acid groups (broad SMARTS) is 1. The standard InChI is InChI=1S/C47H70N12O10/c1-8-13-36(61)53-32(14-11-20-51-47(48)49)40(62)56-37(26(4)5)43(65)54-33(22-29-16-18-31(60)19-17-29)41(63)57-38(27(6)9-2)44(66)55-34(23-30-24-50-25-52-30)45(67)59-21-12-15-35(59)42(64)58-39(46(68)69)28(7)10-3/h1,16-19,24-28,32-35,37-39,60H,9-15,20-23H2,2-7H3,(H,50,52)(H,53,61)(H,54,65)(H,55,66)(H,56,62)(H,57,63)(H,58,64)(H,68,69)(H4,48,49,51)/t27?,28?,32-,33-,34-,35-,37-,38-,39-/m0/s1. The molecular formula is C47H70N12O10. The molecule has 22 nitrogen and oxygen atoms in total. The number of nitrogens with one attached hydrogen (secondary N) is 9. The number of phenols is 1. The zero-order chi connectivity index (χ0) is 51.4. The van der Waals surface area contributed by atoms with E-state index in [1.165, 1.54) is 29.6 Å². The summed E-state index contributed by atoms with van der Waals surface area (Å²) in [4.78, 5) is 118. The molecule has 0 bridgehead atoms. The van der Waals surface area contributed by atoms with E-state index in [2.05, 4.69) is 53.1 Å². The van der Waals surface area contributed by atoms with Crippen LogP contribution in [-0.2, 0) is 51.2 Å². The number of H-pyrrole nitrogens is 1. The van der Waals surface area contributed by atoms with Crippen LogP contribution >= 0.6 is 0 Å². The summed E-state index contributed by atoms with van der Waals surface area (Å²) in [6.07, 6.45) is 9.64. The number of aromatic hydroxyl groups is 1. The van der Waals surface area contributed by atoms with Gasteiger partial charge in [0, 0.05) is 37.8 Å². The number of amides is 7. The number of terminal acetylenes is 1. The molecule has 1 saturated heterocycles. The fourth-order valence-corrected chi connectivity index (χ4v) is 7.73. The number of hydrogen-bond donors (Lipinski definition) is 12. The summed E-state index contributed by atoms with van der Waals surface area (Å²) in [6, 6.07) is -2.54. The molecule has 2 heterocycles. The van der Waals surface area contributed by atoms with Gasteiger partial charge in [0.2, 0.25) is 41.4 Å². The number of carboxylic acids is 1. The van der Waals surface area contributed by atoms with Crippen molar-refractivity contribution in [2.45, 2.75) is 142 Å². The number of rotatable bonds is 27. The molecule has 1 aromatic carbocycles. The summed E-state index contributed by atoms with van der Waals surface area (Å²) in [7, 11) is 0. The molecule has 1 aliphatic heterocycles. The van der Waals surface area contributed by atoms with E-state index in [9.17, 15) is 48.6 Å². The minimum absolute atomic E-state index is 0.0449. The maximum absolute atomic E-state index is 14.5. The number of guanidine groups is 1. The van der Waals surface area contributed by atoms with E-state index in [0.717, 1.165) is 0 Å². The zero-order valence-electron chi connectivity index (χ0n) is 40.2. The summed E-state index contributed by atoms with van der Waals surface area (Å²) in [5.41, 5.74) is 6.37. The van der Waals surface area contributed by atoms with Crippen molar-refractivity contribution >= 4 is 53.3 Å². The Morgan fingerprint density at radius 3 is 2.03 bits per heavy atom. The molecule has 378 valence electrons. The number of aromatic nitrogens is 2. The summed E-state index contributed by atoms with van der Waals surface area (Å²) in [5, 5.41) is 46.0. The molecule has 0 spiro atoms. The van der Waals surface area contributed by atoms with Gasteiger partial charge in [-0.2, -0.15) is 0 Å². The molecule has 1 aliphatic rings. The van der Waals surface area contributed by atoms with E-state index in [1.54, 1.807) is 53.7 Å². The summed E-state index contributed by atoms with van der Waals surface area (Å²) < 4.78 is 0.